The Labute approximate surface area is 252 Å². The fourth-order valence-electron chi connectivity index (χ4n) is 5.08. The van der Waals surface area contributed by atoms with Gasteiger partial charge in [-0.25, -0.2) is 19.2 Å². The van der Waals surface area contributed by atoms with Crippen LogP contribution in [0.25, 0.3) is 0 Å². The highest BCUT2D eigenvalue weighted by Crippen LogP contribution is 2.36. The van der Waals surface area contributed by atoms with E-state index in [1.165, 1.54) is 26.0 Å². The zero-order valence-corrected chi connectivity index (χ0v) is 25.7. The minimum Gasteiger partial charge on any atom is -0.481 e. The van der Waals surface area contributed by atoms with Gasteiger partial charge in [-0.05, 0) is 76.6 Å². The molecular weight excluding hydrogens is 565 g/mol. The van der Waals surface area contributed by atoms with Gasteiger partial charge in [-0.15, -0.1) is 0 Å². The number of anilines is 1. The number of nitrogens with zero attached hydrogens (tertiary/aromatic N) is 3. The zero-order chi connectivity index (χ0) is 30.7. The van der Waals surface area contributed by atoms with Crippen molar-refractivity contribution in [2.45, 2.75) is 69.9 Å². The second-order valence-electron chi connectivity index (χ2n) is 11.1. The molecule has 1 amide bonds. The van der Waals surface area contributed by atoms with E-state index in [0.717, 1.165) is 50.2 Å². The number of aromatic nitrogens is 2. The van der Waals surface area contributed by atoms with Gasteiger partial charge in [-0.2, -0.15) is 0 Å². The number of carboxylic acids is 1. The summed E-state index contributed by atoms with van der Waals surface area (Å²) in [5, 5.41) is 16.2. The molecule has 3 N–H and O–H groups in total. The number of halogens is 2. The Hall–Kier alpha value is -3.02. The lowest BCUT2D eigenvalue weighted by Gasteiger charge is -2.30. The molecule has 2 aromatic heterocycles. The molecule has 1 aliphatic heterocycles. The molecule has 12 heteroatoms. The molecule has 0 aromatic carbocycles. The number of nitrogens with one attached hydrogen (secondary N) is 2. The number of alkyl halides is 1. The number of carbonyl (C=O) groups is 2. The monoisotopic (exact) mass is 607 g/mol. The molecule has 232 valence electrons. The zero-order valence-electron chi connectivity index (χ0n) is 24.9. The Morgan fingerprint density at radius 1 is 1.24 bits per heavy atom. The van der Waals surface area contributed by atoms with Crippen LogP contribution in [0.2, 0.25) is 5.02 Å². The summed E-state index contributed by atoms with van der Waals surface area (Å²) in [6.45, 7) is 4.82. The van der Waals surface area contributed by atoms with E-state index in [9.17, 15) is 19.1 Å². The van der Waals surface area contributed by atoms with Gasteiger partial charge in [-0.1, -0.05) is 17.7 Å². The van der Waals surface area contributed by atoms with Crippen molar-refractivity contribution in [2.24, 2.45) is 0 Å². The van der Waals surface area contributed by atoms with Crippen molar-refractivity contribution >= 4 is 29.3 Å². The summed E-state index contributed by atoms with van der Waals surface area (Å²) in [6.07, 6.45) is 5.61. The lowest BCUT2D eigenvalue weighted by Crippen LogP contribution is -2.50. The van der Waals surface area contributed by atoms with Gasteiger partial charge in [0.05, 0.1) is 23.7 Å². The predicted molar refractivity (Wildman–Crippen MR) is 160 cm³/mol. The maximum absolute atomic E-state index is 13.5. The third kappa shape index (κ3) is 8.99. The number of aliphatic carboxylic acids is 1. The number of aryl methyl sites for hydroxylation is 2. The van der Waals surface area contributed by atoms with E-state index in [2.05, 4.69) is 27.8 Å². The molecule has 3 rings (SSSR count). The average molecular weight is 608 g/mol. The lowest BCUT2D eigenvalue weighted by atomic mass is 9.83. The van der Waals surface area contributed by atoms with Crippen molar-refractivity contribution in [3.63, 3.8) is 0 Å². The number of amides is 1. The van der Waals surface area contributed by atoms with Crippen molar-refractivity contribution in [1.82, 2.24) is 20.2 Å². The van der Waals surface area contributed by atoms with Crippen molar-refractivity contribution in [2.75, 3.05) is 52.4 Å². The minimum absolute atomic E-state index is 0.121. The third-order valence-corrected chi connectivity index (χ3v) is 7.98. The van der Waals surface area contributed by atoms with Gasteiger partial charge in [0.1, 0.15) is 18.5 Å². The Balaban J connectivity index is 1.61. The predicted octanol–water partition coefficient (Wildman–Crippen LogP) is 4.04. The first-order chi connectivity index (χ1) is 20.1. The van der Waals surface area contributed by atoms with Crippen LogP contribution < -0.4 is 15.4 Å². The second-order valence-corrected chi connectivity index (χ2v) is 11.5. The van der Waals surface area contributed by atoms with E-state index in [1.54, 1.807) is 19.9 Å². The Kier molecular flexibility index (Phi) is 12.8. The first-order valence-corrected chi connectivity index (χ1v) is 14.7. The average Bonchev–Trinajstić information content (AvgIpc) is 2.98. The van der Waals surface area contributed by atoms with Crippen LogP contribution >= 0.6 is 11.6 Å². The van der Waals surface area contributed by atoms with Crippen molar-refractivity contribution < 1.29 is 28.6 Å². The summed E-state index contributed by atoms with van der Waals surface area (Å²) in [6, 6.07) is 4.60. The molecule has 0 spiro atoms. The number of carboxylic acid groups (broad SMARTS) is 1. The van der Waals surface area contributed by atoms with Crippen LogP contribution in [0.1, 0.15) is 56.4 Å². The summed E-state index contributed by atoms with van der Waals surface area (Å²) >= 11 is 6.37. The summed E-state index contributed by atoms with van der Waals surface area (Å²) in [7, 11) is 2.88. The van der Waals surface area contributed by atoms with Crippen molar-refractivity contribution in [1.29, 1.82) is 0 Å². The number of hydrogen-bond donors (Lipinski definition) is 3. The SMILES string of the molecule is COc1nccc(Cl)c1C(C)(C)C(=O)NC(CCN(CCCCc1ccc2c(n1)NCCC2)CC(CF)OC)C(=O)O. The van der Waals surface area contributed by atoms with Crippen LogP contribution in [0.5, 0.6) is 5.88 Å². The number of rotatable bonds is 17. The van der Waals surface area contributed by atoms with Gasteiger partial charge in [0, 0.05) is 44.2 Å². The molecule has 0 bridgehead atoms. The molecule has 0 saturated heterocycles. The van der Waals surface area contributed by atoms with Gasteiger partial charge in [0.2, 0.25) is 11.8 Å². The molecule has 2 unspecified atom stereocenters. The highest BCUT2D eigenvalue weighted by Gasteiger charge is 2.37. The first kappa shape index (κ1) is 33.5. The molecule has 1 aliphatic rings. The van der Waals surface area contributed by atoms with E-state index < -0.39 is 36.1 Å². The Morgan fingerprint density at radius 3 is 2.71 bits per heavy atom. The Morgan fingerprint density at radius 2 is 2.02 bits per heavy atom. The van der Waals surface area contributed by atoms with E-state index in [1.807, 2.05) is 4.90 Å². The number of fused-ring (bicyclic) bond motifs is 1. The van der Waals surface area contributed by atoms with Gasteiger partial charge in [0.15, 0.2) is 0 Å². The molecule has 3 heterocycles. The van der Waals surface area contributed by atoms with Crippen LogP contribution in [0.3, 0.4) is 0 Å². The largest absolute Gasteiger partial charge is 0.481 e. The molecule has 2 aromatic rings. The number of ether oxygens (including phenoxy) is 2. The third-order valence-electron chi connectivity index (χ3n) is 7.67. The fraction of sp³-hybridized carbons (Fsp3) is 0.600. The number of methoxy groups -OCH3 is 2. The molecule has 0 fully saturated rings. The van der Waals surface area contributed by atoms with Gasteiger partial charge in [0.25, 0.3) is 0 Å². The first-order valence-electron chi connectivity index (χ1n) is 14.4. The van der Waals surface area contributed by atoms with E-state index in [4.69, 9.17) is 26.1 Å². The highest BCUT2D eigenvalue weighted by atomic mass is 35.5. The summed E-state index contributed by atoms with van der Waals surface area (Å²) in [4.78, 5) is 36.4. The fourth-order valence-corrected chi connectivity index (χ4v) is 5.45. The molecule has 0 radical (unpaired) electrons. The summed E-state index contributed by atoms with van der Waals surface area (Å²) in [5.74, 6) is -0.524. The second kappa shape index (κ2) is 16.0. The Bertz CT molecular complexity index is 1200. The normalized spacial score (nSPS) is 14.5. The summed E-state index contributed by atoms with van der Waals surface area (Å²) in [5.41, 5.74) is 1.42. The minimum atomic E-state index is -1.22. The van der Waals surface area contributed by atoms with Gasteiger partial charge in [-0.3, -0.25) is 4.79 Å². The van der Waals surface area contributed by atoms with Gasteiger partial charge < -0.3 is 30.1 Å². The standard InChI is InChI=1S/C30H43ClFN5O5/c1-30(2,25-23(31)12-15-34-27(25)42-4)29(40)36-24(28(38)39)13-17-37(19-22(18-32)41-3)16-6-5-9-21-11-10-20-8-7-14-33-26(20)35-21/h10-12,15,22,24H,5-9,13-14,16-19H2,1-4H3,(H,33,35)(H,36,40)(H,38,39). The van der Waals surface area contributed by atoms with E-state index in [-0.39, 0.29) is 12.3 Å². The van der Waals surface area contributed by atoms with Gasteiger partial charge >= 0.3 is 5.97 Å². The molecule has 10 nitrogen and oxygen atoms in total. The van der Waals surface area contributed by atoms with Crippen LogP contribution in [0.15, 0.2) is 24.4 Å². The summed E-state index contributed by atoms with van der Waals surface area (Å²) < 4.78 is 24.1. The smallest absolute Gasteiger partial charge is 0.326 e. The molecule has 0 saturated carbocycles. The number of hydrogen-bond acceptors (Lipinski definition) is 8. The molecule has 0 aliphatic carbocycles. The maximum atomic E-state index is 13.5. The van der Waals surface area contributed by atoms with Crippen molar-refractivity contribution in [3.05, 3.63) is 46.2 Å². The van der Waals surface area contributed by atoms with Crippen LogP contribution in [0.4, 0.5) is 10.2 Å². The highest BCUT2D eigenvalue weighted by molar-refractivity contribution is 6.32. The van der Waals surface area contributed by atoms with E-state index >= 15 is 0 Å². The number of unbranched alkanes of at least 4 members (excludes halogenated alkanes) is 1. The lowest BCUT2D eigenvalue weighted by molar-refractivity contribution is -0.143. The van der Waals surface area contributed by atoms with Crippen molar-refractivity contribution in [3.8, 4) is 5.88 Å². The topological polar surface area (TPSA) is 126 Å². The molecular formula is C30H43ClFN5O5. The number of pyridine rings is 2. The number of carbonyl (C=O) groups excluding carboxylic acids is 1. The maximum Gasteiger partial charge on any atom is 0.326 e. The van der Waals surface area contributed by atoms with Crippen LogP contribution in [-0.4, -0.2) is 91.1 Å². The van der Waals surface area contributed by atoms with Crippen LogP contribution in [0, 0.1) is 0 Å². The van der Waals surface area contributed by atoms with Crippen LogP contribution in [-0.2, 0) is 32.6 Å². The molecule has 42 heavy (non-hydrogen) atoms. The quantitative estimate of drug-likeness (QED) is 0.228. The molecule has 2 atom stereocenters. The van der Waals surface area contributed by atoms with E-state index in [0.29, 0.717) is 30.2 Å².